The van der Waals surface area contributed by atoms with Gasteiger partial charge in [-0.15, -0.1) is 10.2 Å². The molecule has 0 atom stereocenters. The molecule has 2 aromatic heterocycles. The molecule has 4 rings (SSSR count). The molecule has 1 aliphatic rings. The predicted molar refractivity (Wildman–Crippen MR) is 114 cm³/mol. The second kappa shape index (κ2) is 8.88. The summed E-state index contributed by atoms with van der Waals surface area (Å²) in [6, 6.07) is 8.78. The first kappa shape index (κ1) is 19.8. The van der Waals surface area contributed by atoms with Crippen LogP contribution in [0.2, 0.25) is 0 Å². The molecule has 3 heterocycles. The van der Waals surface area contributed by atoms with Crippen LogP contribution in [0.15, 0.2) is 43.0 Å². The number of likely N-dealkylation sites (tertiary alicyclic amines) is 1. The van der Waals surface area contributed by atoms with Gasteiger partial charge < -0.3 is 14.0 Å². The highest BCUT2D eigenvalue weighted by Crippen LogP contribution is 2.28. The Morgan fingerprint density at radius 1 is 1.07 bits per heavy atom. The highest BCUT2D eigenvalue weighted by Gasteiger charge is 2.25. The van der Waals surface area contributed by atoms with Gasteiger partial charge in [0.15, 0.2) is 0 Å². The molecule has 7 heteroatoms. The second-order valence-electron chi connectivity index (χ2n) is 8.14. The predicted octanol–water partition coefficient (Wildman–Crippen LogP) is 2.92. The summed E-state index contributed by atoms with van der Waals surface area (Å²) < 4.78 is 4.35. The van der Waals surface area contributed by atoms with Crippen LogP contribution < -0.4 is 0 Å². The fourth-order valence-corrected chi connectivity index (χ4v) is 4.19. The van der Waals surface area contributed by atoms with Gasteiger partial charge in [-0.1, -0.05) is 12.1 Å². The number of aromatic nitrogens is 5. The van der Waals surface area contributed by atoms with Crippen LogP contribution in [0, 0.1) is 0 Å². The van der Waals surface area contributed by atoms with E-state index in [9.17, 15) is 0 Å². The lowest BCUT2D eigenvalue weighted by molar-refractivity contribution is 0.200. The van der Waals surface area contributed by atoms with E-state index in [0.29, 0.717) is 5.92 Å². The van der Waals surface area contributed by atoms with Gasteiger partial charge >= 0.3 is 0 Å². The van der Waals surface area contributed by atoms with Crippen molar-refractivity contribution in [2.24, 2.45) is 0 Å². The number of piperidine rings is 1. The van der Waals surface area contributed by atoms with Crippen LogP contribution >= 0.6 is 0 Å². The molecule has 1 aromatic carbocycles. The summed E-state index contributed by atoms with van der Waals surface area (Å²) in [7, 11) is 4.16. The monoisotopic (exact) mass is 393 g/mol. The van der Waals surface area contributed by atoms with Crippen molar-refractivity contribution in [3.05, 3.63) is 60.2 Å². The van der Waals surface area contributed by atoms with E-state index in [1.807, 2.05) is 17.1 Å². The van der Waals surface area contributed by atoms with Crippen LogP contribution in [0.25, 0.3) is 5.69 Å². The van der Waals surface area contributed by atoms with Gasteiger partial charge in [-0.25, -0.2) is 4.98 Å². The van der Waals surface area contributed by atoms with Crippen molar-refractivity contribution in [3.8, 4) is 5.69 Å². The van der Waals surface area contributed by atoms with Crippen molar-refractivity contribution in [1.29, 1.82) is 0 Å². The van der Waals surface area contributed by atoms with Gasteiger partial charge in [0, 0.05) is 37.1 Å². The zero-order valence-corrected chi connectivity index (χ0v) is 17.7. The summed E-state index contributed by atoms with van der Waals surface area (Å²) in [5, 5.41) is 9.04. The Morgan fingerprint density at radius 3 is 2.45 bits per heavy atom. The van der Waals surface area contributed by atoms with E-state index in [2.05, 4.69) is 74.8 Å². The average molecular weight is 394 g/mol. The lowest BCUT2D eigenvalue weighted by atomic mass is 9.95. The van der Waals surface area contributed by atoms with Crippen molar-refractivity contribution in [2.45, 2.75) is 45.3 Å². The lowest BCUT2D eigenvalue weighted by Crippen LogP contribution is -2.33. The maximum absolute atomic E-state index is 4.57. The van der Waals surface area contributed by atoms with Gasteiger partial charge in [0.25, 0.3) is 0 Å². The van der Waals surface area contributed by atoms with Crippen LogP contribution in [0.4, 0.5) is 0 Å². The second-order valence-corrected chi connectivity index (χ2v) is 8.14. The molecular weight excluding hydrogens is 362 g/mol. The highest BCUT2D eigenvalue weighted by atomic mass is 15.3. The molecule has 0 amide bonds. The molecule has 0 aliphatic carbocycles. The minimum atomic E-state index is 0.512. The number of imidazole rings is 1. The van der Waals surface area contributed by atoms with Crippen molar-refractivity contribution >= 4 is 0 Å². The minimum Gasteiger partial charge on any atom is -0.314 e. The van der Waals surface area contributed by atoms with Crippen LogP contribution in [0.1, 0.15) is 42.9 Å². The molecule has 154 valence electrons. The van der Waals surface area contributed by atoms with E-state index >= 15 is 0 Å². The number of hydrogen-bond acceptors (Lipinski definition) is 5. The molecule has 0 N–H and O–H groups in total. The first-order valence-electron chi connectivity index (χ1n) is 10.5. The van der Waals surface area contributed by atoms with Crippen molar-refractivity contribution in [3.63, 3.8) is 0 Å². The Bertz CT molecular complexity index is 888. The van der Waals surface area contributed by atoms with Gasteiger partial charge in [0.1, 0.15) is 11.6 Å². The average Bonchev–Trinajstić information content (AvgIpc) is 3.39. The molecule has 1 fully saturated rings. The molecular formula is C22H31N7. The van der Waals surface area contributed by atoms with Gasteiger partial charge in [0.2, 0.25) is 0 Å². The third-order valence-corrected chi connectivity index (χ3v) is 5.73. The van der Waals surface area contributed by atoms with E-state index in [4.69, 9.17) is 0 Å². The van der Waals surface area contributed by atoms with E-state index < -0.39 is 0 Å². The van der Waals surface area contributed by atoms with E-state index in [-0.39, 0.29) is 0 Å². The Hall–Kier alpha value is -2.51. The summed E-state index contributed by atoms with van der Waals surface area (Å²) in [5.41, 5.74) is 2.51. The third-order valence-electron chi connectivity index (χ3n) is 5.73. The van der Waals surface area contributed by atoms with Crippen LogP contribution in [0.5, 0.6) is 0 Å². The first-order chi connectivity index (χ1) is 14.1. The van der Waals surface area contributed by atoms with Crippen LogP contribution in [-0.4, -0.2) is 61.3 Å². The highest BCUT2D eigenvalue weighted by molar-refractivity contribution is 5.34. The smallest absolute Gasteiger partial charge is 0.147 e. The Balaban J connectivity index is 1.34. The van der Waals surface area contributed by atoms with Crippen molar-refractivity contribution in [1.82, 2.24) is 34.1 Å². The zero-order valence-electron chi connectivity index (χ0n) is 17.7. The van der Waals surface area contributed by atoms with E-state index in [1.54, 1.807) is 6.20 Å². The fraction of sp³-hybridized carbons (Fsp3) is 0.500. The first-order valence-corrected chi connectivity index (χ1v) is 10.5. The number of hydrogen-bond donors (Lipinski definition) is 0. The maximum Gasteiger partial charge on any atom is 0.147 e. The number of rotatable bonds is 7. The molecule has 0 saturated carbocycles. The topological polar surface area (TPSA) is 55.0 Å². The molecule has 1 saturated heterocycles. The summed E-state index contributed by atoms with van der Waals surface area (Å²) in [4.78, 5) is 8.82. The summed E-state index contributed by atoms with van der Waals surface area (Å²) in [5.74, 6) is 2.76. The number of benzene rings is 1. The van der Waals surface area contributed by atoms with Gasteiger partial charge in [-0.3, -0.25) is 4.90 Å². The lowest BCUT2D eigenvalue weighted by Gasteiger charge is -2.31. The van der Waals surface area contributed by atoms with Crippen LogP contribution in [0.3, 0.4) is 0 Å². The maximum atomic E-state index is 4.57. The van der Waals surface area contributed by atoms with Gasteiger partial charge in [-0.05, 0) is 64.6 Å². The zero-order chi connectivity index (χ0) is 20.2. The standard InChI is InChI=1S/C22H31N7/c1-4-29-21(16-26(2)3)24-25-22(29)19-9-12-27(13-10-19)15-18-5-7-20(8-6-18)28-14-11-23-17-28/h5-8,11,14,17,19H,4,9-10,12-13,15-16H2,1-3H3. The van der Waals surface area contributed by atoms with Gasteiger partial charge in [0.05, 0.1) is 12.9 Å². The SMILES string of the molecule is CCn1c(CN(C)C)nnc1C1CCN(Cc2ccc(-n3ccnc3)cc2)CC1. The molecule has 3 aromatic rings. The summed E-state index contributed by atoms with van der Waals surface area (Å²) in [6.07, 6.45) is 7.90. The molecule has 0 unspecified atom stereocenters. The molecule has 0 bridgehead atoms. The molecule has 1 aliphatic heterocycles. The number of nitrogens with zero attached hydrogens (tertiary/aromatic N) is 7. The van der Waals surface area contributed by atoms with Gasteiger partial charge in [-0.2, -0.15) is 0 Å². The largest absolute Gasteiger partial charge is 0.314 e. The third kappa shape index (κ3) is 4.57. The molecule has 29 heavy (non-hydrogen) atoms. The van der Waals surface area contributed by atoms with Crippen molar-refractivity contribution in [2.75, 3.05) is 27.2 Å². The van der Waals surface area contributed by atoms with E-state index in [1.165, 1.54) is 11.4 Å². The summed E-state index contributed by atoms with van der Waals surface area (Å²) >= 11 is 0. The summed E-state index contributed by atoms with van der Waals surface area (Å²) in [6.45, 7) is 7.18. The molecule has 7 nitrogen and oxygen atoms in total. The normalized spacial score (nSPS) is 16.0. The minimum absolute atomic E-state index is 0.512. The fourth-order valence-electron chi connectivity index (χ4n) is 4.19. The Labute approximate surface area is 173 Å². The van der Waals surface area contributed by atoms with Crippen molar-refractivity contribution < 1.29 is 0 Å². The quantitative estimate of drug-likeness (QED) is 0.618. The Kier molecular flexibility index (Phi) is 6.06. The van der Waals surface area contributed by atoms with E-state index in [0.717, 1.165) is 57.1 Å². The molecule has 0 spiro atoms. The Morgan fingerprint density at radius 2 is 1.83 bits per heavy atom. The molecule has 0 radical (unpaired) electrons. The van der Waals surface area contributed by atoms with Crippen LogP contribution in [-0.2, 0) is 19.6 Å².